The van der Waals surface area contributed by atoms with Crippen LogP contribution < -0.4 is 5.32 Å². The standard InChI is InChI=1S/C13H12FNO3S/c14-9-5-8-10(15-13(17)12(8)16)6-11(9)19-7-1-3-18-4-2-7/h5-7H,1-4H2,(H,15,16,17). The molecule has 19 heavy (non-hydrogen) atoms. The van der Waals surface area contributed by atoms with Gasteiger partial charge in [-0.2, -0.15) is 0 Å². The lowest BCUT2D eigenvalue weighted by molar-refractivity contribution is -0.112. The van der Waals surface area contributed by atoms with Crippen LogP contribution in [0.1, 0.15) is 23.2 Å². The highest BCUT2D eigenvalue weighted by Crippen LogP contribution is 2.36. The number of carbonyl (C=O) groups is 2. The Morgan fingerprint density at radius 2 is 2.00 bits per heavy atom. The molecule has 2 heterocycles. The van der Waals surface area contributed by atoms with Crippen LogP contribution in [0.5, 0.6) is 0 Å². The molecule has 1 aromatic carbocycles. The second-order valence-electron chi connectivity index (χ2n) is 4.54. The average Bonchev–Trinajstić information content (AvgIpc) is 2.67. The predicted molar refractivity (Wildman–Crippen MR) is 69.1 cm³/mol. The third-order valence-corrected chi connectivity index (χ3v) is 4.60. The van der Waals surface area contributed by atoms with Gasteiger partial charge >= 0.3 is 0 Å². The van der Waals surface area contributed by atoms with Gasteiger partial charge in [0, 0.05) is 23.4 Å². The Hall–Kier alpha value is -1.40. The molecule has 1 N–H and O–H groups in total. The topological polar surface area (TPSA) is 55.4 Å². The van der Waals surface area contributed by atoms with Gasteiger partial charge < -0.3 is 10.1 Å². The summed E-state index contributed by atoms with van der Waals surface area (Å²) in [6.45, 7) is 1.39. The number of rotatable bonds is 2. The van der Waals surface area contributed by atoms with E-state index in [0.29, 0.717) is 29.0 Å². The maximum absolute atomic E-state index is 14.0. The minimum Gasteiger partial charge on any atom is -0.381 e. The SMILES string of the molecule is O=C1Nc2cc(SC3CCOCC3)c(F)cc2C1=O. The van der Waals surface area contributed by atoms with Gasteiger partial charge in [0.25, 0.3) is 11.7 Å². The molecule has 0 aromatic heterocycles. The van der Waals surface area contributed by atoms with E-state index in [1.807, 2.05) is 0 Å². The van der Waals surface area contributed by atoms with Gasteiger partial charge in [0.15, 0.2) is 0 Å². The van der Waals surface area contributed by atoms with Crippen molar-refractivity contribution in [2.75, 3.05) is 18.5 Å². The normalized spacial score (nSPS) is 19.4. The van der Waals surface area contributed by atoms with E-state index in [2.05, 4.69) is 5.32 Å². The third-order valence-electron chi connectivity index (χ3n) is 3.23. The molecular weight excluding hydrogens is 269 g/mol. The molecule has 0 bridgehead atoms. The number of anilines is 1. The van der Waals surface area contributed by atoms with E-state index in [0.717, 1.165) is 18.9 Å². The Labute approximate surface area is 113 Å². The fraction of sp³-hybridized carbons (Fsp3) is 0.385. The molecule has 1 amide bonds. The lowest BCUT2D eigenvalue weighted by Gasteiger charge is -2.21. The molecule has 1 aromatic rings. The molecule has 100 valence electrons. The number of carbonyl (C=O) groups excluding carboxylic acids is 2. The van der Waals surface area contributed by atoms with Crippen molar-refractivity contribution in [3.63, 3.8) is 0 Å². The molecule has 4 nitrogen and oxygen atoms in total. The summed E-state index contributed by atoms with van der Waals surface area (Å²) >= 11 is 1.44. The zero-order valence-corrected chi connectivity index (χ0v) is 10.9. The number of ketones is 1. The Morgan fingerprint density at radius 1 is 1.26 bits per heavy atom. The molecule has 6 heteroatoms. The highest BCUT2D eigenvalue weighted by atomic mass is 32.2. The third kappa shape index (κ3) is 2.37. The highest BCUT2D eigenvalue weighted by Gasteiger charge is 2.30. The summed E-state index contributed by atoms with van der Waals surface area (Å²) < 4.78 is 19.2. The monoisotopic (exact) mass is 281 g/mol. The van der Waals surface area contributed by atoms with Gasteiger partial charge in [-0.3, -0.25) is 9.59 Å². The van der Waals surface area contributed by atoms with Crippen molar-refractivity contribution in [3.05, 3.63) is 23.5 Å². The van der Waals surface area contributed by atoms with Crippen molar-refractivity contribution in [1.29, 1.82) is 0 Å². The number of hydrogen-bond donors (Lipinski definition) is 1. The van der Waals surface area contributed by atoms with E-state index in [1.54, 1.807) is 6.07 Å². The largest absolute Gasteiger partial charge is 0.381 e. The number of thioether (sulfide) groups is 1. The molecule has 3 rings (SSSR count). The van der Waals surface area contributed by atoms with E-state index in [4.69, 9.17) is 4.74 Å². The number of hydrogen-bond acceptors (Lipinski definition) is 4. The van der Waals surface area contributed by atoms with Crippen molar-refractivity contribution >= 4 is 29.1 Å². The van der Waals surface area contributed by atoms with Gasteiger partial charge in [0.1, 0.15) is 5.82 Å². The van der Waals surface area contributed by atoms with Gasteiger partial charge in [0.05, 0.1) is 11.3 Å². The molecule has 0 aliphatic carbocycles. The van der Waals surface area contributed by atoms with E-state index in [-0.39, 0.29) is 5.56 Å². The van der Waals surface area contributed by atoms with Crippen LogP contribution >= 0.6 is 11.8 Å². The second kappa shape index (κ2) is 4.94. The Balaban J connectivity index is 1.85. The van der Waals surface area contributed by atoms with Crippen LogP contribution in [0.3, 0.4) is 0 Å². The number of amides is 1. The lowest BCUT2D eigenvalue weighted by Crippen LogP contribution is -2.17. The summed E-state index contributed by atoms with van der Waals surface area (Å²) in [5.41, 5.74) is 0.532. The maximum Gasteiger partial charge on any atom is 0.296 e. The number of Topliss-reactive ketones (excluding diaryl/α,β-unsaturated/α-hetero) is 1. The zero-order valence-electron chi connectivity index (χ0n) is 10.1. The molecular formula is C13H12FNO3S. The van der Waals surface area contributed by atoms with Gasteiger partial charge in [-0.25, -0.2) is 4.39 Å². The first kappa shape index (κ1) is 12.6. The summed E-state index contributed by atoms with van der Waals surface area (Å²) in [7, 11) is 0. The molecule has 0 spiro atoms. The Kier molecular flexibility index (Phi) is 3.28. The molecule has 0 saturated carbocycles. The second-order valence-corrected chi connectivity index (χ2v) is 5.88. The van der Waals surface area contributed by atoms with Gasteiger partial charge in [-0.05, 0) is 25.0 Å². The van der Waals surface area contributed by atoms with Gasteiger partial charge in [0.2, 0.25) is 0 Å². The van der Waals surface area contributed by atoms with Crippen LogP contribution in [0, 0.1) is 5.82 Å². The van der Waals surface area contributed by atoms with Crippen LogP contribution in [0.4, 0.5) is 10.1 Å². The van der Waals surface area contributed by atoms with Crippen molar-refractivity contribution in [1.82, 2.24) is 0 Å². The van der Waals surface area contributed by atoms with Crippen LogP contribution in [-0.2, 0) is 9.53 Å². The number of nitrogens with one attached hydrogen (secondary N) is 1. The summed E-state index contributed by atoms with van der Waals surface area (Å²) in [5.74, 6) is -1.81. The van der Waals surface area contributed by atoms with Crippen LogP contribution in [0.15, 0.2) is 17.0 Å². The number of fused-ring (bicyclic) bond motifs is 1. The van der Waals surface area contributed by atoms with E-state index >= 15 is 0 Å². The molecule has 2 aliphatic rings. The molecule has 0 atom stereocenters. The quantitative estimate of drug-likeness (QED) is 0.845. The first-order valence-electron chi connectivity index (χ1n) is 6.09. The van der Waals surface area contributed by atoms with Crippen molar-refractivity contribution in [2.45, 2.75) is 23.0 Å². The Morgan fingerprint density at radius 3 is 2.74 bits per heavy atom. The first-order valence-corrected chi connectivity index (χ1v) is 6.97. The smallest absolute Gasteiger partial charge is 0.296 e. The highest BCUT2D eigenvalue weighted by molar-refractivity contribution is 8.00. The summed E-state index contributed by atoms with van der Waals surface area (Å²) in [5, 5.41) is 2.77. The predicted octanol–water partition coefficient (Wildman–Crippen LogP) is 2.23. The Bertz CT molecular complexity index is 555. The van der Waals surface area contributed by atoms with Crippen molar-refractivity contribution < 1.29 is 18.7 Å². The molecule has 2 aliphatic heterocycles. The van der Waals surface area contributed by atoms with Crippen molar-refractivity contribution in [3.8, 4) is 0 Å². The fourth-order valence-corrected chi connectivity index (χ4v) is 3.35. The zero-order chi connectivity index (χ0) is 13.4. The summed E-state index contributed by atoms with van der Waals surface area (Å²) in [6.07, 6.45) is 1.76. The van der Waals surface area contributed by atoms with Crippen LogP contribution in [0.2, 0.25) is 0 Å². The first-order chi connectivity index (χ1) is 9.15. The van der Waals surface area contributed by atoms with Gasteiger partial charge in [-0.15, -0.1) is 11.8 Å². The average molecular weight is 281 g/mol. The maximum atomic E-state index is 14.0. The number of ether oxygens (including phenoxy) is 1. The van der Waals surface area contributed by atoms with Gasteiger partial charge in [-0.1, -0.05) is 0 Å². The fourth-order valence-electron chi connectivity index (χ4n) is 2.21. The minimum absolute atomic E-state index is 0.124. The molecule has 0 radical (unpaired) electrons. The summed E-state index contributed by atoms with van der Waals surface area (Å²) in [4.78, 5) is 23.2. The number of halogens is 1. The van der Waals surface area contributed by atoms with E-state index in [1.165, 1.54) is 11.8 Å². The molecule has 0 unspecified atom stereocenters. The van der Waals surface area contributed by atoms with E-state index < -0.39 is 17.5 Å². The van der Waals surface area contributed by atoms with E-state index in [9.17, 15) is 14.0 Å². The van der Waals surface area contributed by atoms with Crippen LogP contribution in [-0.4, -0.2) is 30.2 Å². The minimum atomic E-state index is -0.692. The molecule has 1 saturated heterocycles. The number of benzene rings is 1. The summed E-state index contributed by atoms with van der Waals surface area (Å²) in [6, 6.07) is 2.70. The van der Waals surface area contributed by atoms with Crippen molar-refractivity contribution in [2.24, 2.45) is 0 Å². The van der Waals surface area contributed by atoms with Crippen LogP contribution in [0.25, 0.3) is 0 Å². The lowest BCUT2D eigenvalue weighted by atomic mass is 10.1. The molecule has 1 fully saturated rings.